The molecule has 112 valence electrons. The van der Waals surface area contributed by atoms with Gasteiger partial charge in [-0.3, -0.25) is 9.71 Å². The summed E-state index contributed by atoms with van der Waals surface area (Å²) in [6.45, 7) is 1.78. The maximum absolute atomic E-state index is 12.4. The van der Waals surface area contributed by atoms with Gasteiger partial charge in [-0.25, -0.2) is 8.42 Å². The molecule has 0 spiro atoms. The third-order valence-corrected chi connectivity index (χ3v) is 5.70. The molecule has 0 fully saturated rings. The quantitative estimate of drug-likeness (QED) is 0.789. The summed E-state index contributed by atoms with van der Waals surface area (Å²) in [5.41, 5.74) is 2.25. The van der Waals surface area contributed by atoms with Crippen molar-refractivity contribution in [1.29, 1.82) is 0 Å². The standard InChI is InChI=1S/C16H14N2O2S2/c1-12-5-2-3-7-16(12)22(19,20)18-14-9-15(21-11-14)13-6-4-8-17-10-13/h2-11,18H,1H3. The molecule has 1 aromatic carbocycles. The van der Waals surface area contributed by atoms with Crippen LogP contribution in [-0.2, 0) is 10.0 Å². The Labute approximate surface area is 133 Å². The zero-order valence-corrected chi connectivity index (χ0v) is 13.5. The van der Waals surface area contributed by atoms with E-state index in [1.807, 2.05) is 24.3 Å². The molecule has 0 saturated heterocycles. The van der Waals surface area contributed by atoms with E-state index in [4.69, 9.17) is 0 Å². The fraction of sp³-hybridized carbons (Fsp3) is 0.0625. The summed E-state index contributed by atoms with van der Waals surface area (Å²) < 4.78 is 27.5. The van der Waals surface area contributed by atoms with Crippen molar-refractivity contribution < 1.29 is 8.42 Å². The summed E-state index contributed by atoms with van der Waals surface area (Å²) in [5, 5.41) is 1.79. The molecule has 0 saturated carbocycles. The van der Waals surface area contributed by atoms with Crippen LogP contribution in [-0.4, -0.2) is 13.4 Å². The van der Waals surface area contributed by atoms with Crippen LogP contribution in [0.5, 0.6) is 0 Å². The number of nitrogens with zero attached hydrogens (tertiary/aromatic N) is 1. The molecule has 0 radical (unpaired) electrons. The van der Waals surface area contributed by atoms with E-state index in [0.29, 0.717) is 10.6 Å². The van der Waals surface area contributed by atoms with Crippen molar-refractivity contribution in [3.8, 4) is 10.4 Å². The molecule has 3 aromatic rings. The van der Waals surface area contributed by atoms with Crippen LogP contribution in [0.1, 0.15) is 5.56 Å². The number of benzene rings is 1. The van der Waals surface area contributed by atoms with Gasteiger partial charge in [0.25, 0.3) is 10.0 Å². The van der Waals surface area contributed by atoms with Gasteiger partial charge in [-0.2, -0.15) is 0 Å². The Balaban J connectivity index is 1.88. The minimum Gasteiger partial charge on any atom is -0.279 e. The van der Waals surface area contributed by atoms with Crippen LogP contribution in [0.25, 0.3) is 10.4 Å². The van der Waals surface area contributed by atoms with Crippen molar-refractivity contribution in [2.24, 2.45) is 0 Å². The van der Waals surface area contributed by atoms with E-state index in [-0.39, 0.29) is 0 Å². The summed E-state index contributed by atoms with van der Waals surface area (Å²) in [4.78, 5) is 5.34. The van der Waals surface area contributed by atoms with Crippen LogP contribution in [0.3, 0.4) is 0 Å². The molecule has 2 heterocycles. The van der Waals surface area contributed by atoms with E-state index in [1.54, 1.807) is 42.9 Å². The highest BCUT2D eigenvalue weighted by atomic mass is 32.2. The molecule has 1 N–H and O–H groups in total. The zero-order chi connectivity index (χ0) is 15.6. The number of sulfonamides is 1. The van der Waals surface area contributed by atoms with Crippen LogP contribution in [0.15, 0.2) is 65.1 Å². The second-order valence-electron chi connectivity index (χ2n) is 4.81. The second kappa shape index (κ2) is 5.90. The van der Waals surface area contributed by atoms with Gasteiger partial charge in [0.15, 0.2) is 0 Å². The molecular weight excluding hydrogens is 316 g/mol. The Morgan fingerprint density at radius 3 is 2.68 bits per heavy atom. The monoisotopic (exact) mass is 330 g/mol. The second-order valence-corrected chi connectivity index (χ2v) is 7.37. The highest BCUT2D eigenvalue weighted by molar-refractivity contribution is 7.92. The van der Waals surface area contributed by atoms with Gasteiger partial charge in [0, 0.05) is 28.2 Å². The zero-order valence-electron chi connectivity index (χ0n) is 11.9. The van der Waals surface area contributed by atoms with Crippen molar-refractivity contribution >= 4 is 27.0 Å². The van der Waals surface area contributed by atoms with Gasteiger partial charge in [0.1, 0.15) is 0 Å². The van der Waals surface area contributed by atoms with Crippen molar-refractivity contribution in [2.75, 3.05) is 4.72 Å². The number of aromatic nitrogens is 1. The predicted octanol–water partition coefficient (Wildman–Crippen LogP) is 3.92. The third kappa shape index (κ3) is 3.03. The smallest absolute Gasteiger partial charge is 0.262 e. The number of rotatable bonds is 4. The molecule has 0 aliphatic carbocycles. The normalized spacial score (nSPS) is 11.3. The van der Waals surface area contributed by atoms with Crippen molar-refractivity contribution in [2.45, 2.75) is 11.8 Å². The first kappa shape index (κ1) is 14.7. The van der Waals surface area contributed by atoms with Crippen LogP contribution >= 0.6 is 11.3 Å². The average molecular weight is 330 g/mol. The first-order valence-electron chi connectivity index (χ1n) is 6.64. The highest BCUT2D eigenvalue weighted by Gasteiger charge is 2.17. The van der Waals surface area contributed by atoms with Gasteiger partial charge in [-0.1, -0.05) is 24.3 Å². The third-order valence-electron chi connectivity index (χ3n) is 3.18. The van der Waals surface area contributed by atoms with Gasteiger partial charge >= 0.3 is 0 Å². The van der Waals surface area contributed by atoms with Gasteiger partial charge in [0.05, 0.1) is 10.6 Å². The Bertz CT molecular complexity index is 887. The number of hydrogen-bond donors (Lipinski definition) is 1. The molecule has 0 bridgehead atoms. The first-order valence-corrected chi connectivity index (χ1v) is 9.00. The van der Waals surface area contributed by atoms with Crippen LogP contribution < -0.4 is 4.72 Å². The summed E-state index contributed by atoms with van der Waals surface area (Å²) in [5.74, 6) is 0. The lowest BCUT2D eigenvalue weighted by Gasteiger charge is -2.08. The lowest BCUT2D eigenvalue weighted by molar-refractivity contribution is 0.600. The van der Waals surface area contributed by atoms with E-state index in [9.17, 15) is 8.42 Å². The Hall–Kier alpha value is -2.18. The van der Waals surface area contributed by atoms with E-state index in [1.165, 1.54) is 11.3 Å². The number of pyridine rings is 1. The average Bonchev–Trinajstić information content (AvgIpc) is 2.96. The number of thiophene rings is 1. The van der Waals surface area contributed by atoms with Crippen molar-refractivity contribution in [1.82, 2.24) is 4.98 Å². The molecule has 3 rings (SSSR count). The van der Waals surface area contributed by atoms with Crippen molar-refractivity contribution in [3.63, 3.8) is 0 Å². The molecule has 6 heteroatoms. The number of nitrogens with one attached hydrogen (secondary N) is 1. The molecule has 4 nitrogen and oxygen atoms in total. The van der Waals surface area contributed by atoms with Gasteiger partial charge in [0.2, 0.25) is 0 Å². The van der Waals surface area contributed by atoms with E-state index >= 15 is 0 Å². The molecule has 2 aromatic heterocycles. The first-order chi connectivity index (χ1) is 10.6. The largest absolute Gasteiger partial charge is 0.279 e. The molecule has 0 amide bonds. The maximum atomic E-state index is 12.4. The van der Waals surface area contributed by atoms with Gasteiger partial charge < -0.3 is 0 Å². The molecular formula is C16H14N2O2S2. The summed E-state index contributed by atoms with van der Waals surface area (Å²) in [7, 11) is -3.57. The van der Waals surface area contributed by atoms with Crippen LogP contribution in [0, 0.1) is 6.92 Å². The number of hydrogen-bond acceptors (Lipinski definition) is 4. The fourth-order valence-corrected chi connectivity index (χ4v) is 4.31. The molecule has 0 aliphatic rings. The van der Waals surface area contributed by atoms with Gasteiger partial charge in [-0.05, 0) is 30.7 Å². The SMILES string of the molecule is Cc1ccccc1S(=O)(=O)Nc1csc(-c2cccnc2)c1. The molecule has 0 aliphatic heterocycles. The fourth-order valence-electron chi connectivity index (χ4n) is 2.12. The maximum Gasteiger partial charge on any atom is 0.262 e. The summed E-state index contributed by atoms with van der Waals surface area (Å²) in [6, 6.07) is 12.5. The molecule has 0 atom stereocenters. The predicted molar refractivity (Wildman–Crippen MR) is 89.5 cm³/mol. The minimum atomic E-state index is -3.57. The Kier molecular flexibility index (Phi) is 3.96. The molecule has 0 unspecified atom stereocenters. The van der Waals surface area contributed by atoms with E-state index < -0.39 is 10.0 Å². The van der Waals surface area contributed by atoms with Gasteiger partial charge in [-0.15, -0.1) is 11.3 Å². The van der Waals surface area contributed by atoms with Crippen molar-refractivity contribution in [3.05, 3.63) is 65.8 Å². The minimum absolute atomic E-state index is 0.295. The van der Waals surface area contributed by atoms with Crippen LogP contribution in [0.2, 0.25) is 0 Å². The highest BCUT2D eigenvalue weighted by Crippen LogP contribution is 2.30. The summed E-state index contributed by atoms with van der Waals surface area (Å²) in [6.07, 6.45) is 3.46. The Morgan fingerprint density at radius 2 is 1.95 bits per heavy atom. The molecule has 22 heavy (non-hydrogen) atoms. The Morgan fingerprint density at radius 1 is 1.14 bits per heavy atom. The lowest BCUT2D eigenvalue weighted by atomic mass is 10.2. The van der Waals surface area contributed by atoms with Crippen LogP contribution in [0.4, 0.5) is 5.69 Å². The van der Waals surface area contributed by atoms with E-state index in [2.05, 4.69) is 9.71 Å². The number of aryl methyl sites for hydroxylation is 1. The lowest BCUT2D eigenvalue weighted by Crippen LogP contribution is -2.13. The van der Waals surface area contributed by atoms with E-state index in [0.717, 1.165) is 16.0 Å². The number of anilines is 1. The topological polar surface area (TPSA) is 59.1 Å². The summed E-state index contributed by atoms with van der Waals surface area (Å²) >= 11 is 1.48.